The van der Waals surface area contributed by atoms with Crippen molar-refractivity contribution >= 4 is 5.82 Å². The zero-order valence-electron chi connectivity index (χ0n) is 13.4. The Morgan fingerprint density at radius 2 is 1.96 bits per heavy atom. The average molecular weight is 332 g/mol. The Balaban J connectivity index is 1.37. The molecule has 7 nitrogen and oxygen atoms in total. The van der Waals surface area contributed by atoms with Gasteiger partial charge in [0.2, 0.25) is 5.89 Å². The van der Waals surface area contributed by atoms with E-state index < -0.39 is 0 Å². The van der Waals surface area contributed by atoms with Gasteiger partial charge in [0.1, 0.15) is 12.1 Å². The lowest BCUT2D eigenvalue weighted by molar-refractivity contribution is 0.572. The van der Waals surface area contributed by atoms with Crippen LogP contribution in [0.25, 0.3) is 17.3 Å². The highest BCUT2D eigenvalue weighted by Crippen LogP contribution is 2.18. The van der Waals surface area contributed by atoms with E-state index in [0.29, 0.717) is 24.1 Å². The Kier molecular flexibility index (Phi) is 4.20. The maximum absolute atomic E-state index is 5.54. The van der Waals surface area contributed by atoms with E-state index in [1.165, 1.54) is 0 Å². The summed E-state index contributed by atoms with van der Waals surface area (Å²) in [4.78, 5) is 13.2. The number of nitrogens with zero attached hydrogens (tertiary/aromatic N) is 5. The van der Waals surface area contributed by atoms with Crippen molar-refractivity contribution in [1.82, 2.24) is 24.7 Å². The first kappa shape index (κ1) is 15.1. The lowest BCUT2D eigenvalue weighted by Gasteiger charge is -2.05. The van der Waals surface area contributed by atoms with Crippen LogP contribution in [0.15, 0.2) is 71.9 Å². The van der Waals surface area contributed by atoms with Gasteiger partial charge in [0.05, 0.1) is 18.1 Å². The summed E-state index contributed by atoms with van der Waals surface area (Å²) in [5.41, 5.74) is 1.86. The summed E-state index contributed by atoms with van der Waals surface area (Å²) in [6.07, 6.45) is 9.30. The van der Waals surface area contributed by atoms with Crippen LogP contribution in [0, 0.1) is 0 Å². The first-order chi connectivity index (χ1) is 12.4. The molecule has 1 aromatic carbocycles. The van der Waals surface area contributed by atoms with Gasteiger partial charge >= 0.3 is 0 Å². The van der Waals surface area contributed by atoms with Crippen LogP contribution in [-0.2, 0) is 6.42 Å². The van der Waals surface area contributed by atoms with E-state index in [0.717, 1.165) is 17.7 Å². The molecule has 0 bridgehead atoms. The molecule has 0 aliphatic heterocycles. The molecule has 0 saturated carbocycles. The highest BCUT2D eigenvalue weighted by atomic mass is 16.3. The van der Waals surface area contributed by atoms with E-state index in [-0.39, 0.29) is 0 Å². The second-order valence-electron chi connectivity index (χ2n) is 5.40. The summed E-state index contributed by atoms with van der Waals surface area (Å²) in [7, 11) is 0. The Labute approximate surface area is 144 Å². The van der Waals surface area contributed by atoms with Gasteiger partial charge in [0.25, 0.3) is 0 Å². The predicted octanol–water partition coefficient (Wildman–Crippen LogP) is 2.97. The molecule has 0 spiro atoms. The minimum atomic E-state index is 0.635. The zero-order valence-corrected chi connectivity index (χ0v) is 13.4. The van der Waals surface area contributed by atoms with Crippen molar-refractivity contribution in [2.24, 2.45) is 0 Å². The van der Waals surface area contributed by atoms with Crippen LogP contribution >= 0.6 is 0 Å². The van der Waals surface area contributed by atoms with Crippen LogP contribution in [0.1, 0.15) is 5.69 Å². The van der Waals surface area contributed by atoms with Crippen molar-refractivity contribution in [3.05, 3.63) is 73.1 Å². The summed E-state index contributed by atoms with van der Waals surface area (Å²) in [5, 5.41) is 7.40. The summed E-state index contributed by atoms with van der Waals surface area (Å²) in [6, 6.07) is 11.7. The van der Waals surface area contributed by atoms with Crippen molar-refractivity contribution in [2.45, 2.75) is 6.42 Å². The van der Waals surface area contributed by atoms with Crippen molar-refractivity contribution < 1.29 is 4.42 Å². The topological polar surface area (TPSA) is 81.7 Å². The molecule has 0 unspecified atom stereocenters. The van der Waals surface area contributed by atoms with Crippen LogP contribution in [0.3, 0.4) is 0 Å². The third-order valence-electron chi connectivity index (χ3n) is 3.62. The van der Waals surface area contributed by atoms with E-state index >= 15 is 0 Å². The van der Waals surface area contributed by atoms with E-state index in [1.807, 2.05) is 42.6 Å². The maximum Gasteiger partial charge on any atom is 0.226 e. The van der Waals surface area contributed by atoms with Crippen LogP contribution in [-0.4, -0.2) is 31.3 Å². The van der Waals surface area contributed by atoms with Crippen LogP contribution < -0.4 is 5.32 Å². The molecule has 0 atom stereocenters. The van der Waals surface area contributed by atoms with E-state index in [9.17, 15) is 0 Å². The van der Waals surface area contributed by atoms with Gasteiger partial charge in [0.15, 0.2) is 5.82 Å². The molecule has 0 fully saturated rings. The van der Waals surface area contributed by atoms with Gasteiger partial charge in [-0.3, -0.25) is 4.98 Å². The molecule has 0 amide bonds. The number of anilines is 1. The molecule has 3 heterocycles. The minimum absolute atomic E-state index is 0.635. The second kappa shape index (κ2) is 6.96. The average Bonchev–Trinajstić information content (AvgIpc) is 3.35. The monoisotopic (exact) mass is 332 g/mol. The zero-order chi connectivity index (χ0) is 16.9. The molecule has 4 rings (SSSR count). The Bertz CT molecular complexity index is 933. The summed E-state index contributed by atoms with van der Waals surface area (Å²) in [6.45, 7) is 0.679. The van der Waals surface area contributed by atoms with E-state index in [2.05, 4.69) is 25.4 Å². The third-order valence-corrected chi connectivity index (χ3v) is 3.62. The van der Waals surface area contributed by atoms with Gasteiger partial charge in [-0.05, 0) is 18.2 Å². The maximum atomic E-state index is 5.54. The molecule has 3 aromatic heterocycles. The standard InChI is InChI=1S/C18H16N6O/c1-2-5-14(6-3-1)18-22-15(13-25-18)7-9-20-16-11-19-12-17(23-16)24-10-4-8-21-24/h1-6,8,10-13H,7,9H2,(H,20,23). The fourth-order valence-corrected chi connectivity index (χ4v) is 2.41. The predicted molar refractivity (Wildman–Crippen MR) is 93.3 cm³/mol. The van der Waals surface area contributed by atoms with Crippen molar-refractivity contribution in [2.75, 3.05) is 11.9 Å². The molecular formula is C18H16N6O. The van der Waals surface area contributed by atoms with Crippen molar-refractivity contribution in [3.8, 4) is 17.3 Å². The Hall–Kier alpha value is -3.48. The number of hydrogen-bond donors (Lipinski definition) is 1. The molecule has 0 aliphatic rings. The van der Waals surface area contributed by atoms with Crippen molar-refractivity contribution in [3.63, 3.8) is 0 Å². The molecule has 0 radical (unpaired) electrons. The Morgan fingerprint density at radius 3 is 2.80 bits per heavy atom. The summed E-state index contributed by atoms with van der Waals surface area (Å²) < 4.78 is 7.21. The number of hydrogen-bond acceptors (Lipinski definition) is 6. The quantitative estimate of drug-likeness (QED) is 0.584. The van der Waals surface area contributed by atoms with Crippen LogP contribution in [0.5, 0.6) is 0 Å². The fourth-order valence-electron chi connectivity index (χ4n) is 2.41. The molecule has 0 aliphatic carbocycles. The molecular weight excluding hydrogens is 316 g/mol. The number of nitrogens with one attached hydrogen (secondary N) is 1. The second-order valence-corrected chi connectivity index (χ2v) is 5.40. The number of benzene rings is 1. The van der Waals surface area contributed by atoms with Crippen molar-refractivity contribution in [1.29, 1.82) is 0 Å². The fraction of sp³-hybridized carbons (Fsp3) is 0.111. The molecule has 25 heavy (non-hydrogen) atoms. The molecule has 1 N–H and O–H groups in total. The smallest absolute Gasteiger partial charge is 0.226 e. The lowest BCUT2D eigenvalue weighted by atomic mass is 10.2. The molecule has 0 saturated heterocycles. The van der Waals surface area contributed by atoms with E-state index in [1.54, 1.807) is 29.5 Å². The number of oxazole rings is 1. The highest BCUT2D eigenvalue weighted by molar-refractivity contribution is 5.52. The molecule has 4 aromatic rings. The first-order valence-corrected chi connectivity index (χ1v) is 7.94. The number of aromatic nitrogens is 5. The summed E-state index contributed by atoms with van der Waals surface area (Å²) in [5.74, 6) is 2.00. The molecule has 7 heteroatoms. The van der Waals surface area contributed by atoms with Gasteiger partial charge < -0.3 is 9.73 Å². The minimum Gasteiger partial charge on any atom is -0.444 e. The van der Waals surface area contributed by atoms with Gasteiger partial charge in [-0.2, -0.15) is 5.10 Å². The van der Waals surface area contributed by atoms with Crippen LogP contribution in [0.2, 0.25) is 0 Å². The highest BCUT2D eigenvalue weighted by Gasteiger charge is 2.06. The largest absolute Gasteiger partial charge is 0.444 e. The normalized spacial score (nSPS) is 10.7. The van der Waals surface area contributed by atoms with Gasteiger partial charge in [-0.25, -0.2) is 14.6 Å². The van der Waals surface area contributed by atoms with Gasteiger partial charge in [0, 0.05) is 30.9 Å². The Morgan fingerprint density at radius 1 is 1.04 bits per heavy atom. The number of rotatable bonds is 6. The first-order valence-electron chi connectivity index (χ1n) is 7.94. The van der Waals surface area contributed by atoms with Crippen LogP contribution in [0.4, 0.5) is 5.82 Å². The lowest BCUT2D eigenvalue weighted by Crippen LogP contribution is -2.08. The van der Waals surface area contributed by atoms with E-state index in [4.69, 9.17) is 4.42 Å². The third kappa shape index (κ3) is 3.55. The van der Waals surface area contributed by atoms with Gasteiger partial charge in [-0.1, -0.05) is 18.2 Å². The molecule has 124 valence electrons. The van der Waals surface area contributed by atoms with Gasteiger partial charge in [-0.15, -0.1) is 0 Å². The SMILES string of the molecule is c1ccc(-c2nc(CCNc3cncc(-n4cccn4)n3)co2)cc1. The summed E-state index contributed by atoms with van der Waals surface area (Å²) >= 11 is 0.